The number of anilines is 1. The highest BCUT2D eigenvalue weighted by Gasteiger charge is 2.34. The third-order valence-electron chi connectivity index (χ3n) is 5.52. The van der Waals surface area contributed by atoms with E-state index in [1.165, 1.54) is 7.11 Å². The summed E-state index contributed by atoms with van der Waals surface area (Å²) in [6.07, 6.45) is 0.659. The minimum absolute atomic E-state index is 0.0327. The van der Waals surface area contributed by atoms with Crippen LogP contribution in [-0.4, -0.2) is 43.8 Å². The minimum Gasteiger partial charge on any atom is -0.490 e. The van der Waals surface area contributed by atoms with Crippen molar-refractivity contribution in [1.82, 2.24) is 4.90 Å². The van der Waals surface area contributed by atoms with Crippen molar-refractivity contribution in [3.63, 3.8) is 0 Å². The third kappa shape index (κ3) is 5.10. The van der Waals surface area contributed by atoms with Crippen molar-refractivity contribution < 1.29 is 23.8 Å². The summed E-state index contributed by atoms with van der Waals surface area (Å²) in [5.74, 6) is 0.861. The van der Waals surface area contributed by atoms with E-state index in [-0.39, 0.29) is 12.5 Å². The summed E-state index contributed by atoms with van der Waals surface area (Å²) in [6, 6.07) is 8.38. The summed E-state index contributed by atoms with van der Waals surface area (Å²) < 4.78 is 16.4. The summed E-state index contributed by atoms with van der Waals surface area (Å²) in [4.78, 5) is 27.2. The molecule has 172 valence electrons. The SMILES string of the molecule is CCOc1cc2c(cc1OCC)C(CC(=O)OC)N(C(=O)Nc1cccc(Cl)c1C)CC2. The molecule has 0 radical (unpaired) electrons. The maximum Gasteiger partial charge on any atom is 0.322 e. The molecule has 1 atom stereocenters. The molecular formula is C24H29ClN2O5. The van der Waals surface area contributed by atoms with Gasteiger partial charge in [0.25, 0.3) is 0 Å². The van der Waals surface area contributed by atoms with Crippen molar-refractivity contribution in [3.05, 3.63) is 52.0 Å². The summed E-state index contributed by atoms with van der Waals surface area (Å²) in [5.41, 5.74) is 3.29. The zero-order valence-corrected chi connectivity index (χ0v) is 19.6. The van der Waals surface area contributed by atoms with Crippen molar-refractivity contribution in [2.75, 3.05) is 32.2 Å². The number of nitrogens with one attached hydrogen (secondary N) is 1. The number of hydrogen-bond acceptors (Lipinski definition) is 5. The van der Waals surface area contributed by atoms with E-state index in [0.717, 1.165) is 16.7 Å². The molecule has 0 aliphatic carbocycles. The number of fused-ring (bicyclic) bond motifs is 1. The van der Waals surface area contributed by atoms with Crippen LogP contribution in [-0.2, 0) is 16.0 Å². The van der Waals surface area contributed by atoms with Crippen LogP contribution in [0.4, 0.5) is 10.5 Å². The van der Waals surface area contributed by atoms with Gasteiger partial charge in [-0.05, 0) is 68.1 Å². The Labute approximate surface area is 193 Å². The van der Waals surface area contributed by atoms with Crippen LogP contribution in [0, 0.1) is 6.92 Å². The van der Waals surface area contributed by atoms with Crippen LogP contribution in [0.1, 0.15) is 43.0 Å². The molecule has 0 bridgehead atoms. The van der Waals surface area contributed by atoms with Gasteiger partial charge in [-0.25, -0.2) is 4.79 Å². The first-order chi connectivity index (χ1) is 15.4. The van der Waals surface area contributed by atoms with Crippen LogP contribution in [0.3, 0.4) is 0 Å². The second kappa shape index (κ2) is 10.6. The molecule has 7 nitrogen and oxygen atoms in total. The molecule has 0 fully saturated rings. The van der Waals surface area contributed by atoms with E-state index in [1.54, 1.807) is 23.1 Å². The van der Waals surface area contributed by atoms with E-state index in [4.69, 9.17) is 25.8 Å². The van der Waals surface area contributed by atoms with E-state index in [2.05, 4.69) is 5.32 Å². The highest BCUT2D eigenvalue weighted by molar-refractivity contribution is 6.31. The molecule has 0 spiro atoms. The number of nitrogens with zero attached hydrogens (tertiary/aromatic N) is 1. The number of carbonyl (C=O) groups is 2. The van der Waals surface area contributed by atoms with Crippen molar-refractivity contribution >= 4 is 29.3 Å². The normalized spacial score (nSPS) is 15.0. The van der Waals surface area contributed by atoms with Gasteiger partial charge in [-0.3, -0.25) is 4.79 Å². The van der Waals surface area contributed by atoms with Gasteiger partial charge in [0.15, 0.2) is 11.5 Å². The fourth-order valence-electron chi connectivity index (χ4n) is 3.88. The molecule has 2 amide bonds. The third-order valence-corrected chi connectivity index (χ3v) is 5.93. The highest BCUT2D eigenvalue weighted by atomic mass is 35.5. The van der Waals surface area contributed by atoms with Crippen molar-refractivity contribution in [3.8, 4) is 11.5 Å². The maximum atomic E-state index is 13.3. The van der Waals surface area contributed by atoms with Gasteiger partial charge in [-0.15, -0.1) is 0 Å². The molecule has 8 heteroatoms. The molecule has 0 saturated carbocycles. The zero-order chi connectivity index (χ0) is 23.3. The first-order valence-electron chi connectivity index (χ1n) is 10.7. The largest absolute Gasteiger partial charge is 0.490 e. The van der Waals surface area contributed by atoms with Crippen LogP contribution in [0.2, 0.25) is 5.02 Å². The van der Waals surface area contributed by atoms with Gasteiger partial charge < -0.3 is 24.4 Å². The topological polar surface area (TPSA) is 77.1 Å². The molecule has 0 aromatic heterocycles. The predicted molar refractivity (Wildman–Crippen MR) is 124 cm³/mol. The fourth-order valence-corrected chi connectivity index (χ4v) is 4.05. The molecular weight excluding hydrogens is 432 g/mol. The Hall–Kier alpha value is -2.93. The number of benzene rings is 2. The average Bonchev–Trinajstić information content (AvgIpc) is 2.77. The number of rotatable bonds is 7. The lowest BCUT2D eigenvalue weighted by atomic mass is 9.90. The maximum absolute atomic E-state index is 13.3. The minimum atomic E-state index is -0.499. The average molecular weight is 461 g/mol. The molecule has 1 aliphatic heterocycles. The molecule has 0 saturated heterocycles. The number of methoxy groups -OCH3 is 1. The van der Waals surface area contributed by atoms with E-state index in [9.17, 15) is 9.59 Å². The molecule has 2 aromatic rings. The lowest BCUT2D eigenvalue weighted by Crippen LogP contribution is -2.43. The Morgan fingerprint density at radius 1 is 1.16 bits per heavy atom. The Morgan fingerprint density at radius 2 is 1.84 bits per heavy atom. The first-order valence-corrected chi connectivity index (χ1v) is 11.1. The smallest absolute Gasteiger partial charge is 0.322 e. The summed E-state index contributed by atoms with van der Waals surface area (Å²) >= 11 is 6.20. The Kier molecular flexibility index (Phi) is 7.85. The second-order valence-electron chi connectivity index (χ2n) is 7.45. The first kappa shape index (κ1) is 23.7. The molecule has 1 heterocycles. The summed E-state index contributed by atoms with van der Waals surface area (Å²) in [5, 5.41) is 3.51. The van der Waals surface area contributed by atoms with E-state index in [0.29, 0.717) is 48.4 Å². The van der Waals surface area contributed by atoms with Gasteiger partial charge in [0, 0.05) is 17.3 Å². The molecule has 1 unspecified atom stereocenters. The van der Waals surface area contributed by atoms with Crippen molar-refractivity contribution in [1.29, 1.82) is 0 Å². The van der Waals surface area contributed by atoms with Crippen LogP contribution in [0.5, 0.6) is 11.5 Å². The fraction of sp³-hybridized carbons (Fsp3) is 0.417. The van der Waals surface area contributed by atoms with Gasteiger partial charge in [0.2, 0.25) is 0 Å². The van der Waals surface area contributed by atoms with Gasteiger partial charge in [-0.2, -0.15) is 0 Å². The van der Waals surface area contributed by atoms with Gasteiger partial charge in [0.05, 0.1) is 32.8 Å². The van der Waals surface area contributed by atoms with Crippen LogP contribution in [0.15, 0.2) is 30.3 Å². The van der Waals surface area contributed by atoms with Crippen LogP contribution >= 0.6 is 11.6 Å². The number of carbonyl (C=O) groups excluding carboxylic acids is 2. The van der Waals surface area contributed by atoms with Crippen molar-refractivity contribution in [2.24, 2.45) is 0 Å². The van der Waals surface area contributed by atoms with E-state index in [1.807, 2.05) is 32.9 Å². The van der Waals surface area contributed by atoms with Gasteiger partial charge in [0.1, 0.15) is 0 Å². The second-order valence-corrected chi connectivity index (χ2v) is 7.85. The number of halogens is 1. The standard InChI is InChI=1S/C24H29ClN2O5/c1-5-31-21-12-16-10-11-27(24(29)26-19-9-7-8-18(25)15(19)3)20(14-23(28)30-4)17(16)13-22(21)32-6-2/h7-9,12-13,20H,5-6,10-11,14H2,1-4H3,(H,26,29). The number of esters is 1. The molecule has 1 aliphatic rings. The monoisotopic (exact) mass is 460 g/mol. The molecule has 2 aromatic carbocycles. The molecule has 1 N–H and O–H groups in total. The van der Waals surface area contributed by atoms with E-state index < -0.39 is 12.0 Å². The van der Waals surface area contributed by atoms with Gasteiger partial charge >= 0.3 is 12.0 Å². The number of ether oxygens (including phenoxy) is 3. The number of urea groups is 1. The molecule has 32 heavy (non-hydrogen) atoms. The predicted octanol–water partition coefficient (Wildman–Crippen LogP) is 5.14. The van der Waals surface area contributed by atoms with E-state index >= 15 is 0 Å². The highest BCUT2D eigenvalue weighted by Crippen LogP contribution is 2.40. The number of amides is 2. The number of hydrogen-bond donors (Lipinski definition) is 1. The Balaban J connectivity index is 1.97. The van der Waals surface area contributed by atoms with Gasteiger partial charge in [-0.1, -0.05) is 17.7 Å². The van der Waals surface area contributed by atoms with Crippen LogP contribution in [0.25, 0.3) is 0 Å². The van der Waals surface area contributed by atoms with Crippen LogP contribution < -0.4 is 14.8 Å². The Morgan fingerprint density at radius 3 is 2.50 bits per heavy atom. The van der Waals surface area contributed by atoms with Crippen molar-refractivity contribution in [2.45, 2.75) is 39.7 Å². The summed E-state index contributed by atoms with van der Waals surface area (Å²) in [7, 11) is 1.34. The molecule has 3 rings (SSSR count). The summed E-state index contributed by atoms with van der Waals surface area (Å²) in [6.45, 7) is 7.09. The zero-order valence-electron chi connectivity index (χ0n) is 18.9. The lowest BCUT2D eigenvalue weighted by Gasteiger charge is -2.37. The lowest BCUT2D eigenvalue weighted by molar-refractivity contribution is -0.141. The quantitative estimate of drug-likeness (QED) is 0.579. The Bertz CT molecular complexity index is 995.